The van der Waals surface area contributed by atoms with Gasteiger partial charge in [0.1, 0.15) is 6.61 Å². The van der Waals surface area contributed by atoms with Gasteiger partial charge in [-0.05, 0) is 43.0 Å². The molecule has 3 rings (SSSR count). The molecule has 0 fully saturated rings. The summed E-state index contributed by atoms with van der Waals surface area (Å²) >= 11 is 0. The monoisotopic (exact) mass is 369 g/mol. The van der Waals surface area contributed by atoms with Crippen molar-refractivity contribution in [3.8, 4) is 11.1 Å². The highest BCUT2D eigenvalue weighted by atomic mass is 16.5. The van der Waals surface area contributed by atoms with E-state index in [1.807, 2.05) is 45.0 Å². The van der Waals surface area contributed by atoms with Crippen molar-refractivity contribution in [3.63, 3.8) is 0 Å². The molecule has 1 aliphatic rings. The van der Waals surface area contributed by atoms with Gasteiger partial charge in [0.2, 0.25) is 0 Å². The molecule has 2 aromatic carbocycles. The van der Waals surface area contributed by atoms with Crippen LogP contribution in [0.15, 0.2) is 48.5 Å². The summed E-state index contributed by atoms with van der Waals surface area (Å²) in [4.78, 5) is 12.2. The smallest absolute Gasteiger partial charge is 0.407 e. The third kappa shape index (κ3) is 4.67. The molecule has 1 unspecified atom stereocenters. The van der Waals surface area contributed by atoms with Crippen LogP contribution in [0, 0.1) is 0 Å². The molecule has 1 amide bonds. The van der Waals surface area contributed by atoms with Crippen LogP contribution in [-0.4, -0.2) is 42.7 Å². The Morgan fingerprint density at radius 3 is 2.15 bits per heavy atom. The Morgan fingerprint density at radius 1 is 1.07 bits per heavy atom. The molecule has 0 spiro atoms. The molecular formula is C22H27NO4. The summed E-state index contributed by atoms with van der Waals surface area (Å²) in [5.74, 6) is 0.0153. The second-order valence-electron chi connectivity index (χ2n) is 7.77. The minimum Gasteiger partial charge on any atom is -0.449 e. The van der Waals surface area contributed by atoms with E-state index >= 15 is 0 Å². The Kier molecular flexibility index (Phi) is 5.82. The fourth-order valence-electron chi connectivity index (χ4n) is 3.30. The number of rotatable bonds is 6. The first-order valence-electron chi connectivity index (χ1n) is 9.25. The SMILES string of the molecule is CC(C)(C)OCC(CO)NC(=O)OCC1c2ccccc2-c2ccccc21. The number of hydrogen-bond donors (Lipinski definition) is 2. The molecule has 1 aliphatic carbocycles. The van der Waals surface area contributed by atoms with Crippen LogP contribution in [0.5, 0.6) is 0 Å². The topological polar surface area (TPSA) is 67.8 Å². The highest BCUT2D eigenvalue weighted by molar-refractivity contribution is 5.79. The fourth-order valence-corrected chi connectivity index (χ4v) is 3.30. The predicted octanol–water partition coefficient (Wildman–Crippen LogP) is 3.70. The molecule has 0 heterocycles. The van der Waals surface area contributed by atoms with Crippen LogP contribution < -0.4 is 5.32 Å². The van der Waals surface area contributed by atoms with Crippen molar-refractivity contribution in [1.82, 2.24) is 5.32 Å². The summed E-state index contributed by atoms with van der Waals surface area (Å²) in [6, 6.07) is 15.9. The van der Waals surface area contributed by atoms with Gasteiger partial charge in [0.15, 0.2) is 0 Å². The molecule has 0 saturated carbocycles. The first-order valence-corrected chi connectivity index (χ1v) is 9.25. The first kappa shape index (κ1) is 19.4. The van der Waals surface area contributed by atoms with Crippen LogP contribution >= 0.6 is 0 Å². The zero-order valence-corrected chi connectivity index (χ0v) is 16.1. The van der Waals surface area contributed by atoms with Gasteiger partial charge in [-0.25, -0.2) is 4.79 Å². The van der Waals surface area contributed by atoms with E-state index in [-0.39, 0.29) is 31.3 Å². The summed E-state index contributed by atoms with van der Waals surface area (Å²) in [5.41, 5.74) is 4.38. The highest BCUT2D eigenvalue weighted by Gasteiger charge is 2.29. The third-order valence-electron chi connectivity index (χ3n) is 4.60. The van der Waals surface area contributed by atoms with E-state index in [0.29, 0.717) is 0 Å². The van der Waals surface area contributed by atoms with E-state index in [1.165, 1.54) is 22.3 Å². The number of aliphatic hydroxyl groups is 1. The summed E-state index contributed by atoms with van der Waals surface area (Å²) < 4.78 is 11.1. The zero-order chi connectivity index (χ0) is 19.4. The number of nitrogens with one attached hydrogen (secondary N) is 1. The standard InChI is InChI=1S/C22H27NO4/c1-22(2,3)27-13-15(12-24)23-21(25)26-14-20-18-10-6-4-8-16(18)17-9-5-7-11-19(17)20/h4-11,15,20,24H,12-14H2,1-3H3,(H,23,25). The normalized spacial score (nSPS) is 14.4. The van der Waals surface area contributed by atoms with E-state index in [2.05, 4.69) is 29.6 Å². The van der Waals surface area contributed by atoms with Crippen molar-refractivity contribution in [2.75, 3.05) is 19.8 Å². The first-order chi connectivity index (χ1) is 12.9. The largest absolute Gasteiger partial charge is 0.449 e. The van der Waals surface area contributed by atoms with Gasteiger partial charge in [-0.15, -0.1) is 0 Å². The molecular weight excluding hydrogens is 342 g/mol. The number of fused-ring (bicyclic) bond motifs is 3. The lowest BCUT2D eigenvalue weighted by Gasteiger charge is -2.24. The number of carbonyl (C=O) groups is 1. The van der Waals surface area contributed by atoms with Crippen molar-refractivity contribution in [2.24, 2.45) is 0 Å². The van der Waals surface area contributed by atoms with Gasteiger partial charge in [0.05, 0.1) is 24.9 Å². The van der Waals surface area contributed by atoms with E-state index in [9.17, 15) is 9.90 Å². The van der Waals surface area contributed by atoms with Gasteiger partial charge in [-0.1, -0.05) is 48.5 Å². The van der Waals surface area contributed by atoms with Crippen LogP contribution in [0.3, 0.4) is 0 Å². The van der Waals surface area contributed by atoms with Crippen molar-refractivity contribution in [3.05, 3.63) is 59.7 Å². The quantitative estimate of drug-likeness (QED) is 0.815. The molecule has 0 aromatic heterocycles. The van der Waals surface area contributed by atoms with E-state index in [1.54, 1.807) is 0 Å². The van der Waals surface area contributed by atoms with Crippen LogP contribution in [0.2, 0.25) is 0 Å². The van der Waals surface area contributed by atoms with Gasteiger partial charge < -0.3 is 19.9 Å². The van der Waals surface area contributed by atoms with E-state index in [4.69, 9.17) is 9.47 Å². The number of alkyl carbamates (subject to hydrolysis) is 1. The maximum Gasteiger partial charge on any atom is 0.407 e. The number of ether oxygens (including phenoxy) is 2. The lowest BCUT2D eigenvalue weighted by Crippen LogP contribution is -2.43. The summed E-state index contributed by atoms with van der Waals surface area (Å²) in [6.07, 6.45) is -0.548. The van der Waals surface area contributed by atoms with Crippen molar-refractivity contribution < 1.29 is 19.4 Å². The lowest BCUT2D eigenvalue weighted by molar-refractivity contribution is -0.0213. The molecule has 5 nitrogen and oxygen atoms in total. The Morgan fingerprint density at radius 2 is 1.63 bits per heavy atom. The van der Waals surface area contributed by atoms with Gasteiger partial charge in [0, 0.05) is 5.92 Å². The summed E-state index contributed by atoms with van der Waals surface area (Å²) in [5, 5.41) is 12.1. The van der Waals surface area contributed by atoms with Gasteiger partial charge in [-0.3, -0.25) is 0 Å². The average molecular weight is 369 g/mol. The third-order valence-corrected chi connectivity index (χ3v) is 4.60. The molecule has 0 saturated heterocycles. The second-order valence-corrected chi connectivity index (χ2v) is 7.77. The van der Waals surface area contributed by atoms with Crippen LogP contribution in [0.4, 0.5) is 4.79 Å². The second kappa shape index (κ2) is 8.11. The molecule has 2 aromatic rings. The Balaban J connectivity index is 1.62. The Labute approximate surface area is 160 Å². The molecule has 2 N–H and O–H groups in total. The van der Waals surface area contributed by atoms with Crippen molar-refractivity contribution in [1.29, 1.82) is 0 Å². The lowest BCUT2D eigenvalue weighted by atomic mass is 9.98. The number of aliphatic hydroxyl groups excluding tert-OH is 1. The van der Waals surface area contributed by atoms with E-state index in [0.717, 1.165) is 0 Å². The minimum absolute atomic E-state index is 0.0153. The zero-order valence-electron chi connectivity index (χ0n) is 16.1. The van der Waals surface area contributed by atoms with Gasteiger partial charge >= 0.3 is 6.09 Å². The van der Waals surface area contributed by atoms with E-state index < -0.39 is 12.1 Å². The molecule has 5 heteroatoms. The van der Waals surface area contributed by atoms with Crippen molar-refractivity contribution >= 4 is 6.09 Å². The number of carbonyl (C=O) groups excluding carboxylic acids is 1. The molecule has 144 valence electrons. The fraction of sp³-hybridized carbons (Fsp3) is 0.409. The average Bonchev–Trinajstić information content (AvgIpc) is 2.97. The van der Waals surface area contributed by atoms with Crippen molar-refractivity contribution in [2.45, 2.75) is 38.3 Å². The maximum atomic E-state index is 12.2. The molecule has 27 heavy (non-hydrogen) atoms. The Hall–Kier alpha value is -2.37. The molecule has 0 aliphatic heterocycles. The van der Waals surface area contributed by atoms with Gasteiger partial charge in [0.25, 0.3) is 0 Å². The Bertz CT molecular complexity index is 751. The minimum atomic E-state index is -0.548. The summed E-state index contributed by atoms with van der Waals surface area (Å²) in [7, 11) is 0. The number of benzene rings is 2. The number of amides is 1. The summed E-state index contributed by atoms with van der Waals surface area (Å²) in [6.45, 7) is 6.04. The molecule has 0 bridgehead atoms. The van der Waals surface area contributed by atoms with Gasteiger partial charge in [-0.2, -0.15) is 0 Å². The molecule has 0 radical (unpaired) electrons. The molecule has 1 atom stereocenters. The maximum absolute atomic E-state index is 12.2. The highest BCUT2D eigenvalue weighted by Crippen LogP contribution is 2.44. The van der Waals surface area contributed by atoms with Crippen LogP contribution in [0.1, 0.15) is 37.8 Å². The number of hydrogen-bond acceptors (Lipinski definition) is 4. The van der Waals surface area contributed by atoms with Crippen LogP contribution in [0.25, 0.3) is 11.1 Å². The predicted molar refractivity (Wildman–Crippen MR) is 105 cm³/mol. The van der Waals surface area contributed by atoms with Crippen LogP contribution in [-0.2, 0) is 9.47 Å².